The van der Waals surface area contributed by atoms with E-state index in [2.05, 4.69) is 17.9 Å². The number of carboxylic acids is 1. The fourth-order valence-electron chi connectivity index (χ4n) is 2.21. The molecule has 1 unspecified atom stereocenters. The summed E-state index contributed by atoms with van der Waals surface area (Å²) in [4.78, 5) is 14.8. The van der Waals surface area contributed by atoms with Gasteiger partial charge in [-0.1, -0.05) is 69.8 Å². The molecule has 22 heavy (non-hydrogen) atoms. The summed E-state index contributed by atoms with van der Waals surface area (Å²) in [5.74, 6) is -0.721. The van der Waals surface area contributed by atoms with Crippen LogP contribution >= 0.6 is 0 Å². The van der Waals surface area contributed by atoms with Crippen LogP contribution in [0.25, 0.3) is 0 Å². The number of carbonyl (C=O) groups is 1. The second-order valence-electron chi connectivity index (χ2n) is 5.65. The van der Waals surface area contributed by atoms with Crippen LogP contribution in [-0.4, -0.2) is 22.4 Å². The molecule has 0 aromatic carbocycles. The Bertz CT molecular complexity index is 310. The van der Waals surface area contributed by atoms with Gasteiger partial charge < -0.3 is 5.11 Å². The van der Waals surface area contributed by atoms with Gasteiger partial charge in [-0.25, -0.2) is 4.89 Å². The van der Waals surface area contributed by atoms with Gasteiger partial charge >= 0.3 is 5.97 Å². The Morgan fingerprint density at radius 2 is 1.77 bits per heavy atom. The van der Waals surface area contributed by atoms with Crippen LogP contribution in [0.1, 0.15) is 77.6 Å². The largest absolute Gasteiger partial charge is 0.481 e. The first kappa shape index (κ1) is 20.9. The fourth-order valence-corrected chi connectivity index (χ4v) is 2.21. The molecule has 0 aliphatic heterocycles. The number of hydrogen-bond acceptors (Lipinski definition) is 3. The van der Waals surface area contributed by atoms with E-state index in [9.17, 15) is 4.79 Å². The first-order chi connectivity index (χ1) is 10.7. The van der Waals surface area contributed by atoms with E-state index in [1.807, 2.05) is 18.2 Å². The summed E-state index contributed by atoms with van der Waals surface area (Å²) >= 11 is 0. The number of hydrogen-bond donors (Lipinski definition) is 2. The van der Waals surface area contributed by atoms with Crippen LogP contribution in [0, 0.1) is 0 Å². The van der Waals surface area contributed by atoms with E-state index in [1.54, 1.807) is 0 Å². The second kappa shape index (κ2) is 16.2. The minimum atomic E-state index is -0.721. The van der Waals surface area contributed by atoms with Gasteiger partial charge in [-0.2, -0.15) is 0 Å². The minimum absolute atomic E-state index is 0.251. The van der Waals surface area contributed by atoms with Gasteiger partial charge in [-0.3, -0.25) is 10.1 Å². The highest BCUT2D eigenvalue weighted by molar-refractivity contribution is 5.66. The van der Waals surface area contributed by atoms with Crippen LogP contribution < -0.4 is 0 Å². The Morgan fingerprint density at radius 1 is 1.05 bits per heavy atom. The van der Waals surface area contributed by atoms with Crippen LogP contribution in [0.5, 0.6) is 0 Å². The lowest BCUT2D eigenvalue weighted by Gasteiger charge is -2.08. The Morgan fingerprint density at radius 3 is 2.45 bits per heavy atom. The molecule has 0 spiro atoms. The molecular weight excluding hydrogens is 280 g/mol. The number of unbranched alkanes of at least 4 members (excludes halogenated alkanes) is 7. The van der Waals surface area contributed by atoms with Gasteiger partial charge in [0, 0.05) is 6.42 Å². The molecular formula is C18H32O4. The molecule has 0 aromatic rings. The highest BCUT2D eigenvalue weighted by atomic mass is 17.1. The Balaban J connectivity index is 3.59. The summed E-state index contributed by atoms with van der Waals surface area (Å²) in [6, 6.07) is 0. The summed E-state index contributed by atoms with van der Waals surface area (Å²) < 4.78 is 0. The van der Waals surface area contributed by atoms with Gasteiger partial charge in [-0.15, -0.1) is 0 Å². The maximum Gasteiger partial charge on any atom is 0.303 e. The van der Waals surface area contributed by atoms with E-state index in [0.717, 1.165) is 44.9 Å². The average Bonchev–Trinajstić information content (AvgIpc) is 2.50. The van der Waals surface area contributed by atoms with E-state index in [1.165, 1.54) is 19.3 Å². The molecule has 0 rings (SSSR count). The molecule has 0 aliphatic rings. The summed E-state index contributed by atoms with van der Waals surface area (Å²) in [6.45, 7) is 2.19. The third-order valence-corrected chi connectivity index (χ3v) is 3.56. The maximum absolute atomic E-state index is 10.4. The molecule has 0 aliphatic carbocycles. The van der Waals surface area contributed by atoms with E-state index >= 15 is 0 Å². The molecule has 1 atom stereocenters. The number of aliphatic carboxylic acids is 1. The quantitative estimate of drug-likeness (QED) is 0.185. The molecule has 0 saturated heterocycles. The maximum atomic E-state index is 10.4. The van der Waals surface area contributed by atoms with Crippen molar-refractivity contribution in [1.29, 1.82) is 0 Å². The summed E-state index contributed by atoms with van der Waals surface area (Å²) in [6.07, 6.45) is 18.3. The molecule has 2 N–H and O–H groups in total. The first-order valence-corrected chi connectivity index (χ1v) is 8.56. The van der Waals surface area contributed by atoms with Crippen molar-refractivity contribution in [3.05, 3.63) is 24.3 Å². The fraction of sp³-hybridized carbons (Fsp3) is 0.722. The van der Waals surface area contributed by atoms with Crippen LogP contribution in [-0.2, 0) is 9.68 Å². The highest BCUT2D eigenvalue weighted by Crippen LogP contribution is 2.11. The molecule has 0 aromatic heterocycles. The predicted molar refractivity (Wildman–Crippen MR) is 89.9 cm³/mol. The third-order valence-electron chi connectivity index (χ3n) is 3.56. The van der Waals surface area contributed by atoms with Crippen molar-refractivity contribution >= 4 is 5.97 Å². The van der Waals surface area contributed by atoms with Gasteiger partial charge in [0.2, 0.25) is 0 Å². The Labute approximate surface area is 134 Å². The van der Waals surface area contributed by atoms with Crippen molar-refractivity contribution in [1.82, 2.24) is 0 Å². The summed E-state index contributed by atoms with van der Waals surface area (Å²) in [5, 5.41) is 17.4. The van der Waals surface area contributed by atoms with Crippen molar-refractivity contribution in [3.8, 4) is 0 Å². The lowest BCUT2D eigenvalue weighted by Crippen LogP contribution is -2.06. The van der Waals surface area contributed by atoms with Gasteiger partial charge in [0.1, 0.15) is 6.10 Å². The molecule has 0 bridgehead atoms. The molecule has 0 saturated carbocycles. The van der Waals surface area contributed by atoms with Gasteiger partial charge in [0.15, 0.2) is 0 Å². The van der Waals surface area contributed by atoms with E-state index < -0.39 is 5.97 Å². The van der Waals surface area contributed by atoms with Gasteiger partial charge in [0.25, 0.3) is 0 Å². The molecule has 4 nitrogen and oxygen atoms in total. The van der Waals surface area contributed by atoms with Crippen LogP contribution in [0.3, 0.4) is 0 Å². The number of rotatable bonds is 15. The van der Waals surface area contributed by atoms with Crippen LogP contribution in [0.4, 0.5) is 0 Å². The van der Waals surface area contributed by atoms with Gasteiger partial charge in [-0.05, 0) is 25.7 Å². The normalized spacial score (nSPS) is 13.2. The van der Waals surface area contributed by atoms with Crippen molar-refractivity contribution in [2.45, 2.75) is 83.7 Å². The SMILES string of the molecule is CCCCCC=C/C=C/C(CCCCCCCC(=O)O)OO. The zero-order chi connectivity index (χ0) is 16.5. The lowest BCUT2D eigenvalue weighted by atomic mass is 10.1. The number of carboxylic acid groups (broad SMARTS) is 1. The molecule has 0 radical (unpaired) electrons. The molecule has 4 heteroatoms. The summed E-state index contributed by atoms with van der Waals surface area (Å²) in [5.41, 5.74) is 0. The molecule has 0 amide bonds. The van der Waals surface area contributed by atoms with E-state index in [4.69, 9.17) is 10.4 Å². The van der Waals surface area contributed by atoms with E-state index in [0.29, 0.717) is 0 Å². The summed E-state index contributed by atoms with van der Waals surface area (Å²) in [7, 11) is 0. The topological polar surface area (TPSA) is 66.8 Å². The minimum Gasteiger partial charge on any atom is -0.481 e. The average molecular weight is 312 g/mol. The lowest BCUT2D eigenvalue weighted by molar-refractivity contribution is -0.267. The first-order valence-electron chi connectivity index (χ1n) is 8.56. The van der Waals surface area contributed by atoms with Crippen LogP contribution in [0.15, 0.2) is 24.3 Å². The molecule has 0 fully saturated rings. The standard InChI is InChI=1S/C18H32O4/c1-2-3-4-5-6-8-11-14-17(22-21)15-12-9-7-10-13-16-18(19)20/h6,8,11,14,17,21H,2-5,7,9-10,12-13,15-16H2,1H3,(H,19,20)/b8-6?,14-11+. The Hall–Kier alpha value is -1.13. The Kier molecular flexibility index (Phi) is 15.4. The monoisotopic (exact) mass is 312 g/mol. The van der Waals surface area contributed by atoms with Crippen molar-refractivity contribution in [2.24, 2.45) is 0 Å². The zero-order valence-corrected chi connectivity index (χ0v) is 13.9. The predicted octanol–water partition coefficient (Wildman–Crippen LogP) is 5.35. The van der Waals surface area contributed by atoms with Gasteiger partial charge in [0.05, 0.1) is 0 Å². The van der Waals surface area contributed by atoms with Crippen molar-refractivity contribution < 1.29 is 20.0 Å². The van der Waals surface area contributed by atoms with E-state index in [-0.39, 0.29) is 12.5 Å². The van der Waals surface area contributed by atoms with Crippen molar-refractivity contribution in [2.75, 3.05) is 0 Å². The third kappa shape index (κ3) is 15.3. The molecule has 0 heterocycles. The van der Waals surface area contributed by atoms with Crippen LogP contribution in [0.2, 0.25) is 0 Å². The zero-order valence-electron chi connectivity index (χ0n) is 13.9. The molecule has 128 valence electrons. The van der Waals surface area contributed by atoms with Crippen molar-refractivity contribution in [3.63, 3.8) is 0 Å². The number of allylic oxidation sites excluding steroid dienone is 3. The second-order valence-corrected chi connectivity index (χ2v) is 5.65. The smallest absolute Gasteiger partial charge is 0.303 e. The highest BCUT2D eigenvalue weighted by Gasteiger charge is 2.03.